The van der Waals surface area contributed by atoms with Crippen molar-refractivity contribution in [2.24, 2.45) is 0 Å². The maximum absolute atomic E-state index is 12.5. The SMILES string of the molecule is CCc1nnsc1C(=O)N1Cc2ccc(C(=O)O)cc2C1. The van der Waals surface area contributed by atoms with Gasteiger partial charge in [-0.05, 0) is 41.2 Å². The van der Waals surface area contributed by atoms with Crippen LogP contribution in [0.5, 0.6) is 0 Å². The van der Waals surface area contributed by atoms with Crippen molar-refractivity contribution in [2.75, 3.05) is 0 Å². The average molecular weight is 303 g/mol. The van der Waals surface area contributed by atoms with Gasteiger partial charge in [-0.15, -0.1) is 5.10 Å². The van der Waals surface area contributed by atoms with E-state index in [1.165, 1.54) is 0 Å². The molecule has 21 heavy (non-hydrogen) atoms. The summed E-state index contributed by atoms with van der Waals surface area (Å²) in [5.41, 5.74) is 2.84. The molecule has 1 aromatic heterocycles. The molecular weight excluding hydrogens is 290 g/mol. The summed E-state index contributed by atoms with van der Waals surface area (Å²) in [4.78, 5) is 25.8. The molecule has 0 unspecified atom stereocenters. The standard InChI is InChI=1S/C14H13N3O3S/c1-2-11-12(21-16-15-11)13(18)17-6-9-4-3-8(14(19)20)5-10(9)7-17/h3-5H,2,6-7H2,1H3,(H,19,20). The van der Waals surface area contributed by atoms with Gasteiger partial charge in [-0.1, -0.05) is 17.5 Å². The van der Waals surface area contributed by atoms with Gasteiger partial charge in [0.25, 0.3) is 5.91 Å². The van der Waals surface area contributed by atoms with Gasteiger partial charge >= 0.3 is 5.97 Å². The summed E-state index contributed by atoms with van der Waals surface area (Å²) in [5, 5.41) is 13.0. The molecule has 0 saturated carbocycles. The number of benzene rings is 1. The normalized spacial score (nSPS) is 13.3. The molecule has 0 bridgehead atoms. The van der Waals surface area contributed by atoms with Gasteiger partial charge in [0.05, 0.1) is 11.3 Å². The number of hydrogen-bond acceptors (Lipinski definition) is 5. The van der Waals surface area contributed by atoms with Crippen LogP contribution in [0, 0.1) is 0 Å². The number of aryl methyl sites for hydroxylation is 1. The summed E-state index contributed by atoms with van der Waals surface area (Å²) in [6, 6.07) is 4.98. The number of carboxylic acids is 1. The first-order chi connectivity index (χ1) is 10.1. The molecule has 0 spiro atoms. The number of amides is 1. The van der Waals surface area contributed by atoms with E-state index in [-0.39, 0.29) is 11.5 Å². The molecule has 1 aliphatic heterocycles. The van der Waals surface area contributed by atoms with Gasteiger partial charge in [0.1, 0.15) is 4.88 Å². The predicted molar refractivity (Wildman–Crippen MR) is 76.3 cm³/mol. The second-order valence-electron chi connectivity index (χ2n) is 4.85. The zero-order valence-electron chi connectivity index (χ0n) is 11.4. The zero-order valence-corrected chi connectivity index (χ0v) is 12.2. The van der Waals surface area contributed by atoms with Crippen LogP contribution in [0.15, 0.2) is 18.2 Å². The van der Waals surface area contributed by atoms with Gasteiger partial charge in [-0.2, -0.15) is 0 Å². The number of carboxylic acid groups (broad SMARTS) is 1. The molecule has 3 rings (SSSR count). The molecule has 2 heterocycles. The number of aromatic nitrogens is 2. The highest BCUT2D eigenvalue weighted by molar-refractivity contribution is 7.08. The first kappa shape index (κ1) is 13.7. The van der Waals surface area contributed by atoms with E-state index >= 15 is 0 Å². The third-order valence-electron chi connectivity index (χ3n) is 3.55. The summed E-state index contributed by atoms with van der Waals surface area (Å²) in [6.45, 7) is 2.86. The number of aromatic carboxylic acids is 1. The second-order valence-corrected chi connectivity index (χ2v) is 5.61. The first-order valence-electron chi connectivity index (χ1n) is 6.55. The monoisotopic (exact) mass is 303 g/mol. The molecule has 7 heteroatoms. The fourth-order valence-corrected chi connectivity index (χ4v) is 3.14. The smallest absolute Gasteiger partial charge is 0.335 e. The van der Waals surface area contributed by atoms with Crippen molar-refractivity contribution in [2.45, 2.75) is 26.4 Å². The molecular formula is C14H13N3O3S. The lowest BCUT2D eigenvalue weighted by molar-refractivity contribution is 0.0696. The highest BCUT2D eigenvalue weighted by Crippen LogP contribution is 2.26. The Kier molecular flexibility index (Phi) is 3.42. The van der Waals surface area contributed by atoms with Crippen molar-refractivity contribution in [3.05, 3.63) is 45.5 Å². The molecule has 108 valence electrons. The summed E-state index contributed by atoms with van der Waals surface area (Å²) >= 11 is 1.11. The third kappa shape index (κ3) is 2.40. The maximum Gasteiger partial charge on any atom is 0.335 e. The van der Waals surface area contributed by atoms with E-state index in [0.29, 0.717) is 30.1 Å². The molecule has 0 radical (unpaired) electrons. The van der Waals surface area contributed by atoms with Gasteiger partial charge in [0, 0.05) is 13.1 Å². The Morgan fingerprint density at radius 3 is 2.81 bits per heavy atom. The van der Waals surface area contributed by atoms with Crippen LogP contribution >= 0.6 is 11.5 Å². The van der Waals surface area contributed by atoms with Gasteiger partial charge in [-0.3, -0.25) is 4.79 Å². The number of carbonyl (C=O) groups excluding carboxylic acids is 1. The van der Waals surface area contributed by atoms with Crippen LogP contribution in [0.3, 0.4) is 0 Å². The first-order valence-corrected chi connectivity index (χ1v) is 7.33. The van der Waals surface area contributed by atoms with Crippen molar-refractivity contribution in [1.82, 2.24) is 14.5 Å². The van der Waals surface area contributed by atoms with Crippen LogP contribution in [-0.2, 0) is 19.5 Å². The average Bonchev–Trinajstić information content (AvgIpc) is 3.11. The summed E-state index contributed by atoms with van der Waals surface area (Å²) in [6.07, 6.45) is 0.668. The van der Waals surface area contributed by atoms with E-state index in [1.807, 2.05) is 6.92 Å². The third-order valence-corrected chi connectivity index (χ3v) is 4.30. The van der Waals surface area contributed by atoms with E-state index in [2.05, 4.69) is 9.59 Å². The molecule has 0 fully saturated rings. The van der Waals surface area contributed by atoms with Crippen molar-refractivity contribution >= 4 is 23.4 Å². The Hall–Kier alpha value is -2.28. The summed E-state index contributed by atoms with van der Waals surface area (Å²) in [5.74, 6) is -1.04. The molecule has 1 N–H and O–H groups in total. The molecule has 1 aliphatic rings. The van der Waals surface area contributed by atoms with Gasteiger partial charge in [-0.25, -0.2) is 4.79 Å². The molecule has 1 aromatic carbocycles. The Morgan fingerprint density at radius 1 is 1.33 bits per heavy atom. The van der Waals surface area contributed by atoms with E-state index < -0.39 is 5.97 Å². The Morgan fingerprint density at radius 2 is 2.10 bits per heavy atom. The highest BCUT2D eigenvalue weighted by Gasteiger charge is 2.27. The van der Waals surface area contributed by atoms with Crippen LogP contribution in [0.2, 0.25) is 0 Å². The van der Waals surface area contributed by atoms with Crippen molar-refractivity contribution in [3.8, 4) is 0 Å². The van der Waals surface area contributed by atoms with Gasteiger partial charge in [0.15, 0.2) is 0 Å². The number of fused-ring (bicyclic) bond motifs is 1. The Balaban J connectivity index is 1.84. The lowest BCUT2D eigenvalue weighted by atomic mass is 10.1. The molecule has 1 amide bonds. The summed E-state index contributed by atoms with van der Waals surface area (Å²) in [7, 11) is 0. The highest BCUT2D eigenvalue weighted by atomic mass is 32.1. The molecule has 0 atom stereocenters. The number of hydrogen-bond donors (Lipinski definition) is 1. The number of carbonyl (C=O) groups is 2. The lowest BCUT2D eigenvalue weighted by Crippen LogP contribution is -2.25. The zero-order chi connectivity index (χ0) is 15.0. The maximum atomic E-state index is 12.5. The number of rotatable bonds is 3. The summed E-state index contributed by atoms with van der Waals surface area (Å²) < 4.78 is 3.84. The van der Waals surface area contributed by atoms with Gasteiger partial charge < -0.3 is 10.0 Å². The minimum Gasteiger partial charge on any atom is -0.478 e. The van der Waals surface area contributed by atoms with Crippen LogP contribution in [0.25, 0.3) is 0 Å². The van der Waals surface area contributed by atoms with Gasteiger partial charge in [0.2, 0.25) is 0 Å². The molecule has 2 aromatic rings. The quantitative estimate of drug-likeness (QED) is 0.937. The van der Waals surface area contributed by atoms with Crippen LogP contribution < -0.4 is 0 Å². The van der Waals surface area contributed by atoms with E-state index in [9.17, 15) is 9.59 Å². The fourth-order valence-electron chi connectivity index (χ4n) is 2.42. The largest absolute Gasteiger partial charge is 0.478 e. The predicted octanol–water partition coefficient (Wildman–Crippen LogP) is 1.95. The van der Waals surface area contributed by atoms with Crippen molar-refractivity contribution in [1.29, 1.82) is 0 Å². The van der Waals surface area contributed by atoms with E-state index in [1.54, 1.807) is 23.1 Å². The Bertz CT molecular complexity index is 726. The van der Waals surface area contributed by atoms with Crippen LogP contribution in [0.1, 0.15) is 43.8 Å². The van der Waals surface area contributed by atoms with Crippen molar-refractivity contribution < 1.29 is 14.7 Å². The molecule has 6 nitrogen and oxygen atoms in total. The minimum atomic E-state index is -0.956. The second kappa shape index (κ2) is 5.25. The van der Waals surface area contributed by atoms with Crippen LogP contribution in [0.4, 0.5) is 0 Å². The topological polar surface area (TPSA) is 83.4 Å². The fraction of sp³-hybridized carbons (Fsp3) is 0.286. The van der Waals surface area contributed by atoms with Crippen LogP contribution in [-0.4, -0.2) is 31.5 Å². The van der Waals surface area contributed by atoms with E-state index in [0.717, 1.165) is 22.7 Å². The number of nitrogens with zero attached hydrogens (tertiary/aromatic N) is 3. The molecule has 0 aliphatic carbocycles. The Labute approximate surface area is 125 Å². The van der Waals surface area contributed by atoms with E-state index in [4.69, 9.17) is 5.11 Å². The lowest BCUT2D eigenvalue weighted by Gasteiger charge is -2.14. The van der Waals surface area contributed by atoms with Crippen molar-refractivity contribution in [3.63, 3.8) is 0 Å². The minimum absolute atomic E-state index is 0.0880. The molecule has 0 saturated heterocycles.